The lowest BCUT2D eigenvalue weighted by Crippen LogP contribution is -2.25. The Morgan fingerprint density at radius 3 is 1.26 bits per heavy atom. The number of nitrogens with zero attached hydrogens (tertiary/aromatic N) is 7. The standard InChI is InChI=1S/C27H33N3O4.C21H20N4O2/c1-27(2,3)34-25(31)15-10-22-16-17-28-26(29-22)30(18-20-6-11-23(32-4)12-7-20)19-21-8-13-24(33-5)14-9-21;1-26-19-7-3-16(4-8-19)14-25(21-23-12-11-18(13-22)24-21)15-17-5-9-20(27-2)10-6-17/h6-9,11-14,16-17H,10,15,18-19H2,1-5H3;3-12H,14-15H2,1-2H3. The van der Waals surface area contributed by atoms with E-state index in [4.69, 9.17) is 33.9 Å². The van der Waals surface area contributed by atoms with Gasteiger partial charge in [-0.05, 0) is 104 Å². The van der Waals surface area contributed by atoms with Gasteiger partial charge in [-0.2, -0.15) is 5.26 Å². The third-order valence-electron chi connectivity index (χ3n) is 9.16. The Morgan fingerprint density at radius 2 is 0.918 bits per heavy atom. The number of aryl methyl sites for hydroxylation is 1. The molecular formula is C48H53N7O6. The zero-order valence-electron chi connectivity index (χ0n) is 35.9. The first-order chi connectivity index (χ1) is 29.5. The van der Waals surface area contributed by atoms with Crippen molar-refractivity contribution in [2.45, 2.75) is 65.4 Å². The summed E-state index contributed by atoms with van der Waals surface area (Å²) in [5, 5.41) is 9.15. The molecule has 0 aliphatic rings. The fourth-order valence-corrected chi connectivity index (χ4v) is 6.06. The predicted molar refractivity (Wildman–Crippen MR) is 235 cm³/mol. The second-order valence-electron chi connectivity index (χ2n) is 14.9. The molecule has 6 rings (SSSR count). The van der Waals surface area contributed by atoms with E-state index in [1.807, 2.05) is 129 Å². The molecule has 0 atom stereocenters. The minimum Gasteiger partial charge on any atom is -0.497 e. The second-order valence-corrected chi connectivity index (χ2v) is 14.9. The van der Waals surface area contributed by atoms with Crippen LogP contribution in [0.4, 0.5) is 11.9 Å². The minimum absolute atomic E-state index is 0.235. The second kappa shape index (κ2) is 22.2. The van der Waals surface area contributed by atoms with Gasteiger partial charge < -0.3 is 33.5 Å². The Morgan fingerprint density at radius 1 is 0.557 bits per heavy atom. The van der Waals surface area contributed by atoms with Crippen LogP contribution in [-0.2, 0) is 42.1 Å². The van der Waals surface area contributed by atoms with Gasteiger partial charge in [0, 0.05) is 50.7 Å². The van der Waals surface area contributed by atoms with Gasteiger partial charge >= 0.3 is 5.97 Å². The van der Waals surface area contributed by atoms with Gasteiger partial charge in [0.25, 0.3) is 0 Å². The molecule has 0 amide bonds. The molecule has 13 heteroatoms. The molecule has 0 aliphatic heterocycles. The van der Waals surface area contributed by atoms with Crippen molar-refractivity contribution in [3.8, 4) is 29.1 Å². The summed E-state index contributed by atoms with van der Waals surface area (Å²) >= 11 is 0. The molecule has 0 saturated carbocycles. The molecule has 61 heavy (non-hydrogen) atoms. The van der Waals surface area contributed by atoms with Crippen molar-refractivity contribution < 1.29 is 28.5 Å². The maximum absolute atomic E-state index is 12.1. The van der Waals surface area contributed by atoms with Crippen LogP contribution in [0.1, 0.15) is 60.8 Å². The van der Waals surface area contributed by atoms with Gasteiger partial charge in [0.1, 0.15) is 40.4 Å². The van der Waals surface area contributed by atoms with Crippen molar-refractivity contribution in [1.82, 2.24) is 19.9 Å². The number of carbonyl (C=O) groups excluding carboxylic acids is 1. The number of aromatic nitrogens is 4. The summed E-state index contributed by atoms with van der Waals surface area (Å²) in [6.45, 7) is 8.03. The van der Waals surface area contributed by atoms with Crippen molar-refractivity contribution in [3.63, 3.8) is 0 Å². The maximum atomic E-state index is 12.1. The number of esters is 1. The van der Waals surface area contributed by atoms with Crippen molar-refractivity contribution >= 4 is 17.9 Å². The number of rotatable bonds is 17. The molecule has 0 radical (unpaired) electrons. The van der Waals surface area contributed by atoms with Gasteiger partial charge in [-0.1, -0.05) is 48.5 Å². The number of hydrogen-bond donors (Lipinski definition) is 0. The third-order valence-corrected chi connectivity index (χ3v) is 9.16. The monoisotopic (exact) mass is 823 g/mol. The van der Waals surface area contributed by atoms with Crippen LogP contribution in [0, 0.1) is 11.3 Å². The maximum Gasteiger partial charge on any atom is 0.306 e. The predicted octanol–water partition coefficient (Wildman–Crippen LogP) is 8.55. The van der Waals surface area contributed by atoms with E-state index < -0.39 is 5.60 Å². The van der Waals surface area contributed by atoms with Crippen molar-refractivity contribution in [1.29, 1.82) is 5.26 Å². The molecule has 0 fully saturated rings. The number of methoxy groups -OCH3 is 4. The van der Waals surface area contributed by atoms with Crippen molar-refractivity contribution in [2.24, 2.45) is 0 Å². The molecule has 6 aromatic rings. The number of anilines is 2. The Kier molecular flexibility index (Phi) is 16.4. The highest BCUT2D eigenvalue weighted by molar-refractivity contribution is 5.70. The Balaban J connectivity index is 0.000000237. The summed E-state index contributed by atoms with van der Waals surface area (Å²) in [6.07, 6.45) is 4.10. The van der Waals surface area contributed by atoms with Crippen LogP contribution in [-0.4, -0.2) is 59.9 Å². The molecule has 0 aliphatic carbocycles. The summed E-state index contributed by atoms with van der Waals surface area (Å²) < 4.78 is 26.4. The van der Waals surface area contributed by atoms with Gasteiger partial charge in [-0.25, -0.2) is 19.9 Å². The molecule has 0 N–H and O–H groups in total. The summed E-state index contributed by atoms with van der Waals surface area (Å²) in [5.41, 5.74) is 5.04. The van der Waals surface area contributed by atoms with E-state index in [9.17, 15) is 4.79 Å². The topological polar surface area (TPSA) is 145 Å². The van der Waals surface area contributed by atoms with Crippen LogP contribution in [0.15, 0.2) is 122 Å². The summed E-state index contributed by atoms with van der Waals surface area (Å²) in [4.78, 5) is 34.3. The quantitative estimate of drug-likeness (QED) is 0.0811. The average molecular weight is 824 g/mol. The van der Waals surface area contributed by atoms with E-state index in [2.05, 4.69) is 25.9 Å². The van der Waals surface area contributed by atoms with Crippen LogP contribution < -0.4 is 28.7 Å². The zero-order valence-corrected chi connectivity index (χ0v) is 35.9. The van der Waals surface area contributed by atoms with Crippen LogP contribution in [0.5, 0.6) is 23.0 Å². The lowest BCUT2D eigenvalue weighted by Gasteiger charge is -2.24. The summed E-state index contributed by atoms with van der Waals surface area (Å²) in [6, 6.07) is 37.1. The van der Waals surface area contributed by atoms with Crippen LogP contribution in [0.25, 0.3) is 0 Å². The fourth-order valence-electron chi connectivity index (χ4n) is 6.06. The average Bonchev–Trinajstić information content (AvgIpc) is 3.28. The first-order valence-corrected chi connectivity index (χ1v) is 19.8. The number of benzene rings is 4. The third kappa shape index (κ3) is 14.5. The first kappa shape index (κ1) is 44.9. The molecule has 0 bridgehead atoms. The van der Waals surface area contributed by atoms with Crippen molar-refractivity contribution in [2.75, 3.05) is 38.2 Å². The van der Waals surface area contributed by atoms with Gasteiger partial charge in [-0.15, -0.1) is 0 Å². The highest BCUT2D eigenvalue weighted by atomic mass is 16.6. The van der Waals surface area contributed by atoms with E-state index in [0.717, 1.165) is 50.9 Å². The number of carbonyl (C=O) groups is 1. The van der Waals surface area contributed by atoms with Gasteiger partial charge in [0.2, 0.25) is 11.9 Å². The number of hydrogen-bond acceptors (Lipinski definition) is 13. The molecule has 2 heterocycles. The van der Waals surface area contributed by atoms with Gasteiger partial charge in [0.15, 0.2) is 0 Å². The van der Waals surface area contributed by atoms with Crippen LogP contribution in [0.3, 0.4) is 0 Å². The van der Waals surface area contributed by atoms with E-state index in [0.29, 0.717) is 50.2 Å². The molecule has 0 unspecified atom stereocenters. The normalized spacial score (nSPS) is 10.7. The summed E-state index contributed by atoms with van der Waals surface area (Å²) in [7, 11) is 6.60. The van der Waals surface area contributed by atoms with Crippen LogP contribution >= 0.6 is 0 Å². The highest BCUT2D eigenvalue weighted by Crippen LogP contribution is 2.23. The van der Waals surface area contributed by atoms with Crippen LogP contribution in [0.2, 0.25) is 0 Å². The molecule has 0 saturated heterocycles. The van der Waals surface area contributed by atoms with Gasteiger partial charge in [0.05, 0.1) is 34.9 Å². The van der Waals surface area contributed by atoms with Gasteiger partial charge in [-0.3, -0.25) is 4.79 Å². The molecule has 4 aromatic carbocycles. The zero-order chi connectivity index (χ0) is 43.6. The number of nitriles is 1. The molecular weight excluding hydrogens is 771 g/mol. The fraction of sp³-hybridized carbons (Fsp3) is 0.292. The van der Waals surface area contributed by atoms with E-state index in [1.165, 1.54) is 0 Å². The minimum atomic E-state index is -0.499. The molecule has 316 valence electrons. The Labute approximate surface area is 358 Å². The van der Waals surface area contributed by atoms with Crippen molar-refractivity contribution in [3.05, 3.63) is 155 Å². The lowest BCUT2D eigenvalue weighted by atomic mass is 10.1. The Hall–Kier alpha value is -7.20. The van der Waals surface area contributed by atoms with E-state index >= 15 is 0 Å². The number of ether oxygens (including phenoxy) is 5. The molecule has 0 spiro atoms. The smallest absolute Gasteiger partial charge is 0.306 e. The Bertz CT molecular complexity index is 2210. The summed E-state index contributed by atoms with van der Waals surface area (Å²) in [5.74, 6) is 4.12. The first-order valence-electron chi connectivity index (χ1n) is 19.8. The lowest BCUT2D eigenvalue weighted by molar-refractivity contribution is -0.154. The van der Waals surface area contributed by atoms with E-state index in [-0.39, 0.29) is 12.4 Å². The highest BCUT2D eigenvalue weighted by Gasteiger charge is 2.18. The molecule has 2 aromatic heterocycles. The SMILES string of the molecule is COc1ccc(CN(Cc2ccc(OC)cc2)c2nccc(C#N)n2)cc1.COc1ccc(CN(Cc2ccc(OC)cc2)c2nccc(CCC(=O)OC(C)(C)C)n2)cc1. The van der Waals surface area contributed by atoms with E-state index in [1.54, 1.807) is 46.9 Å². The largest absolute Gasteiger partial charge is 0.497 e. The molecule has 13 nitrogen and oxygen atoms in total.